The number of aromatic nitrogens is 3. The molecule has 3 heterocycles. The second-order valence-corrected chi connectivity index (χ2v) is 10.5. The zero-order valence-corrected chi connectivity index (χ0v) is 23.7. The van der Waals surface area contributed by atoms with Gasteiger partial charge in [0, 0.05) is 35.6 Å². The minimum Gasteiger partial charge on any atom is -0.493 e. The van der Waals surface area contributed by atoms with Crippen LogP contribution in [0.15, 0.2) is 53.9 Å². The molecule has 3 N–H and O–H groups in total. The molecule has 0 amide bonds. The highest BCUT2D eigenvalue weighted by atomic mass is 16.5. The Labute approximate surface area is 246 Å². The normalized spacial score (nSPS) is 20.5. The fraction of sp³-hybridized carbons (Fsp3) is 0.400. The van der Waals surface area contributed by atoms with Gasteiger partial charge in [0.1, 0.15) is 6.10 Å². The molecule has 0 bridgehead atoms. The molecule has 0 saturated heterocycles. The number of carbonyl (C=O) groups excluding carboxylic acids is 1. The summed E-state index contributed by atoms with van der Waals surface area (Å²) in [7, 11) is 1.56. The van der Waals surface area contributed by atoms with E-state index in [9.17, 15) is 24.6 Å². The summed E-state index contributed by atoms with van der Waals surface area (Å²) in [5.41, 5.74) is 0.545. The van der Waals surface area contributed by atoms with Crippen molar-refractivity contribution in [1.82, 2.24) is 14.8 Å². The average Bonchev–Trinajstić information content (AvgIpc) is 3.51. The minimum atomic E-state index is -2.76. The van der Waals surface area contributed by atoms with Gasteiger partial charge in [-0.25, -0.2) is 14.5 Å². The van der Waals surface area contributed by atoms with Crippen molar-refractivity contribution in [3.8, 4) is 17.3 Å². The second kappa shape index (κ2) is 12.2. The lowest BCUT2D eigenvalue weighted by atomic mass is 9.74. The third-order valence-corrected chi connectivity index (χ3v) is 7.69. The Morgan fingerprint density at radius 1 is 1.12 bits per heavy atom. The number of aliphatic carboxylic acids is 2. The maximum Gasteiger partial charge on any atom is 0.336 e. The number of hydrogen-bond donors (Lipinski definition) is 3. The van der Waals surface area contributed by atoms with Crippen LogP contribution >= 0.6 is 0 Å². The third-order valence-electron chi connectivity index (χ3n) is 7.69. The first-order valence-corrected chi connectivity index (χ1v) is 13.9. The van der Waals surface area contributed by atoms with E-state index < -0.39 is 42.5 Å². The Balaban J connectivity index is 1.43. The summed E-state index contributed by atoms with van der Waals surface area (Å²) >= 11 is 0. The molecule has 1 aliphatic heterocycles. The van der Waals surface area contributed by atoms with Gasteiger partial charge in [0.2, 0.25) is 0 Å². The first kappa shape index (κ1) is 29.7. The van der Waals surface area contributed by atoms with E-state index in [-0.39, 0.29) is 12.0 Å². The second-order valence-electron chi connectivity index (χ2n) is 10.5. The Hall–Kier alpha value is -4.78. The number of benzene rings is 1. The molecule has 0 spiro atoms. The molecule has 43 heavy (non-hydrogen) atoms. The maximum atomic E-state index is 12.7. The maximum absolute atomic E-state index is 12.7. The molecule has 1 unspecified atom stereocenters. The molecule has 1 aliphatic carbocycles. The van der Waals surface area contributed by atoms with Crippen molar-refractivity contribution in [1.29, 1.82) is 0 Å². The largest absolute Gasteiger partial charge is 0.493 e. The molecule has 5 rings (SSSR count). The van der Waals surface area contributed by atoms with Crippen LogP contribution < -0.4 is 9.47 Å². The number of carboxylic acids is 2. The van der Waals surface area contributed by atoms with Gasteiger partial charge in [0.05, 0.1) is 38.3 Å². The van der Waals surface area contributed by atoms with Crippen LogP contribution in [0.1, 0.15) is 61.6 Å². The van der Waals surface area contributed by atoms with Crippen LogP contribution in [0.4, 0.5) is 0 Å². The number of carbonyl (C=O) groups is 3. The van der Waals surface area contributed by atoms with Crippen LogP contribution in [0.3, 0.4) is 0 Å². The lowest BCUT2D eigenvalue weighted by molar-refractivity contribution is -0.174. The van der Waals surface area contributed by atoms with E-state index in [0.29, 0.717) is 43.2 Å². The van der Waals surface area contributed by atoms with Gasteiger partial charge in [0.15, 0.2) is 22.9 Å². The number of rotatable bonds is 11. The number of aliphatic imine (C=N–C) groups is 1. The highest BCUT2D eigenvalue weighted by Crippen LogP contribution is 2.45. The Kier molecular flexibility index (Phi) is 8.44. The zero-order chi connectivity index (χ0) is 30.7. The number of methoxy groups -OCH3 is 1. The molecule has 0 radical (unpaired) electrons. The van der Waals surface area contributed by atoms with Gasteiger partial charge in [-0.05, 0) is 62.1 Å². The molecule has 1 aromatic carbocycles. The van der Waals surface area contributed by atoms with E-state index >= 15 is 0 Å². The number of nitrogens with zero attached hydrogens (tertiary/aromatic N) is 4. The van der Waals surface area contributed by atoms with E-state index in [1.165, 1.54) is 0 Å². The standard InChI is InChI=1S/C30H32N4O9/c1-3-42-24-12-19-20-11-18(43-27(37)15-30(40,29(38)39)14-26(35)36)6-7-22(20)33-28(21(19)13-23(24)41-2)17-5-8-25(31-16-17)34-10-4-9-32-34/h4-5,8-10,12-13,16,18,20,22,40H,3,6-7,11,14-15H2,1-2H3,(H,35,36)(H,38,39)/t18-,20-,22-,30?/m1/s1. The summed E-state index contributed by atoms with van der Waals surface area (Å²) < 4.78 is 18.7. The van der Waals surface area contributed by atoms with Crippen LogP contribution in [0.25, 0.3) is 5.82 Å². The van der Waals surface area contributed by atoms with Crippen molar-refractivity contribution < 1.29 is 43.9 Å². The van der Waals surface area contributed by atoms with Crippen molar-refractivity contribution in [2.24, 2.45) is 4.99 Å². The van der Waals surface area contributed by atoms with Gasteiger partial charge in [-0.3, -0.25) is 14.6 Å². The smallest absolute Gasteiger partial charge is 0.336 e. The van der Waals surface area contributed by atoms with Crippen molar-refractivity contribution in [3.63, 3.8) is 0 Å². The van der Waals surface area contributed by atoms with E-state index in [1.807, 2.05) is 37.3 Å². The first-order chi connectivity index (χ1) is 20.6. The fourth-order valence-electron chi connectivity index (χ4n) is 5.69. The predicted octanol–water partition coefficient (Wildman–Crippen LogP) is 2.75. The first-order valence-electron chi connectivity index (χ1n) is 13.9. The summed E-state index contributed by atoms with van der Waals surface area (Å²) in [6, 6.07) is 9.27. The molecule has 13 heteroatoms. The highest BCUT2D eigenvalue weighted by molar-refractivity contribution is 6.15. The molecule has 226 valence electrons. The van der Waals surface area contributed by atoms with Crippen LogP contribution in [0.2, 0.25) is 0 Å². The molecule has 2 aliphatic rings. The van der Waals surface area contributed by atoms with Crippen LogP contribution in [-0.2, 0) is 19.1 Å². The number of carboxylic acid groups (broad SMARTS) is 2. The van der Waals surface area contributed by atoms with Gasteiger partial charge < -0.3 is 29.5 Å². The van der Waals surface area contributed by atoms with Gasteiger partial charge in [0.25, 0.3) is 0 Å². The zero-order valence-electron chi connectivity index (χ0n) is 23.7. The number of aliphatic hydroxyl groups is 1. The number of ether oxygens (including phenoxy) is 3. The number of pyridine rings is 1. The minimum absolute atomic E-state index is 0.144. The van der Waals surface area contributed by atoms with E-state index in [4.69, 9.17) is 24.3 Å². The molecule has 2 aromatic heterocycles. The SMILES string of the molecule is CCOc1cc2c(cc1OC)C(c1ccc(-n3cccn3)nc1)=N[C@@H]1CC[C@@H](OC(=O)CC(O)(CC(=O)O)C(=O)O)C[C@H]21. The molecule has 1 fully saturated rings. The van der Waals surface area contributed by atoms with E-state index in [1.54, 1.807) is 30.4 Å². The quantitative estimate of drug-likeness (QED) is 0.278. The van der Waals surface area contributed by atoms with Gasteiger partial charge in [-0.2, -0.15) is 5.10 Å². The summed E-state index contributed by atoms with van der Waals surface area (Å²) in [5, 5.41) is 32.8. The van der Waals surface area contributed by atoms with Gasteiger partial charge in [-0.15, -0.1) is 0 Å². The molecule has 13 nitrogen and oxygen atoms in total. The summed E-state index contributed by atoms with van der Waals surface area (Å²) in [6.45, 7) is 2.30. The summed E-state index contributed by atoms with van der Waals surface area (Å²) in [6.07, 6.45) is 3.94. The van der Waals surface area contributed by atoms with Crippen molar-refractivity contribution >= 4 is 23.6 Å². The predicted molar refractivity (Wildman–Crippen MR) is 151 cm³/mol. The molecule has 1 saturated carbocycles. The molecule has 4 atom stereocenters. The number of hydrogen-bond acceptors (Lipinski definition) is 10. The lowest BCUT2D eigenvalue weighted by Crippen LogP contribution is -2.44. The fourth-order valence-corrected chi connectivity index (χ4v) is 5.69. The van der Waals surface area contributed by atoms with Crippen molar-refractivity contribution in [2.75, 3.05) is 13.7 Å². The highest BCUT2D eigenvalue weighted by Gasteiger charge is 2.43. The Bertz CT molecular complexity index is 1540. The summed E-state index contributed by atoms with van der Waals surface area (Å²) in [5.74, 6) is -2.73. The van der Waals surface area contributed by atoms with E-state index in [2.05, 4.69) is 10.1 Å². The van der Waals surface area contributed by atoms with Crippen LogP contribution in [0.5, 0.6) is 11.5 Å². The Morgan fingerprint density at radius 3 is 2.56 bits per heavy atom. The van der Waals surface area contributed by atoms with Crippen LogP contribution in [-0.4, -0.2) is 85.2 Å². The lowest BCUT2D eigenvalue weighted by Gasteiger charge is -2.39. The van der Waals surface area contributed by atoms with Crippen LogP contribution in [0, 0.1) is 0 Å². The number of esters is 1. The topological polar surface area (TPSA) is 183 Å². The molecule has 3 aromatic rings. The monoisotopic (exact) mass is 592 g/mol. The average molecular weight is 593 g/mol. The Morgan fingerprint density at radius 2 is 1.93 bits per heavy atom. The summed E-state index contributed by atoms with van der Waals surface area (Å²) in [4.78, 5) is 44.9. The molecular weight excluding hydrogens is 560 g/mol. The molecular formula is C30H32N4O9. The van der Waals surface area contributed by atoms with Crippen molar-refractivity contribution in [2.45, 2.75) is 62.7 Å². The van der Waals surface area contributed by atoms with Gasteiger partial charge >= 0.3 is 17.9 Å². The number of fused-ring (bicyclic) bond motifs is 3. The third kappa shape index (κ3) is 6.21. The van der Waals surface area contributed by atoms with Gasteiger partial charge in [-0.1, -0.05) is 0 Å². The van der Waals surface area contributed by atoms with Crippen molar-refractivity contribution in [3.05, 3.63) is 65.6 Å². The van der Waals surface area contributed by atoms with E-state index in [0.717, 1.165) is 22.4 Å².